The number of rotatable bonds is 7. The summed E-state index contributed by atoms with van der Waals surface area (Å²) < 4.78 is 1.93. The van der Waals surface area contributed by atoms with Gasteiger partial charge in [0.1, 0.15) is 0 Å². The lowest BCUT2D eigenvalue weighted by Gasteiger charge is -2.14. The SMILES string of the molecule is CCc1nn(C)c(CC(C)CNCC(C)C)c1Cl. The van der Waals surface area contributed by atoms with Crippen LogP contribution in [0, 0.1) is 11.8 Å². The molecule has 0 amide bonds. The first-order chi connectivity index (χ1) is 8.45. The lowest BCUT2D eigenvalue weighted by molar-refractivity contribution is 0.464. The van der Waals surface area contributed by atoms with E-state index in [1.807, 2.05) is 11.7 Å². The summed E-state index contributed by atoms with van der Waals surface area (Å²) in [7, 11) is 1.98. The molecule has 1 atom stereocenters. The van der Waals surface area contributed by atoms with Gasteiger partial charge in [-0.3, -0.25) is 4.68 Å². The molecule has 1 heterocycles. The van der Waals surface area contributed by atoms with Gasteiger partial charge in [-0.25, -0.2) is 0 Å². The molecule has 1 aromatic heterocycles. The number of halogens is 1. The molecule has 0 radical (unpaired) electrons. The van der Waals surface area contributed by atoms with Crippen LogP contribution in [0.2, 0.25) is 5.02 Å². The van der Waals surface area contributed by atoms with Crippen LogP contribution in [-0.4, -0.2) is 22.9 Å². The molecule has 104 valence electrons. The minimum absolute atomic E-state index is 0.571. The van der Waals surface area contributed by atoms with Gasteiger partial charge in [-0.15, -0.1) is 0 Å². The molecular formula is C14H26ClN3. The molecule has 0 aliphatic rings. The average Bonchev–Trinajstić information content (AvgIpc) is 2.56. The maximum atomic E-state index is 6.35. The molecule has 4 heteroatoms. The van der Waals surface area contributed by atoms with E-state index in [-0.39, 0.29) is 0 Å². The quantitative estimate of drug-likeness (QED) is 0.826. The Kier molecular flexibility index (Phi) is 6.16. The van der Waals surface area contributed by atoms with Gasteiger partial charge in [0.05, 0.1) is 16.4 Å². The molecule has 0 saturated heterocycles. The molecule has 1 aromatic rings. The Bertz CT molecular complexity index is 371. The molecule has 0 saturated carbocycles. The first-order valence-corrected chi connectivity index (χ1v) is 7.24. The van der Waals surface area contributed by atoms with Crippen LogP contribution in [-0.2, 0) is 19.9 Å². The summed E-state index contributed by atoms with van der Waals surface area (Å²) in [6.45, 7) is 10.9. The van der Waals surface area contributed by atoms with Crippen molar-refractivity contribution < 1.29 is 0 Å². The number of hydrogen-bond acceptors (Lipinski definition) is 2. The van der Waals surface area contributed by atoms with E-state index in [1.54, 1.807) is 0 Å². The number of aryl methyl sites for hydroxylation is 2. The Morgan fingerprint density at radius 3 is 2.44 bits per heavy atom. The highest BCUT2D eigenvalue weighted by Gasteiger charge is 2.15. The Labute approximate surface area is 116 Å². The zero-order valence-corrected chi connectivity index (χ0v) is 13.0. The first kappa shape index (κ1) is 15.5. The number of nitrogens with zero attached hydrogens (tertiary/aromatic N) is 2. The topological polar surface area (TPSA) is 29.9 Å². The van der Waals surface area contributed by atoms with Crippen LogP contribution >= 0.6 is 11.6 Å². The molecule has 1 N–H and O–H groups in total. The largest absolute Gasteiger partial charge is 0.316 e. The third-order valence-corrected chi connectivity index (χ3v) is 3.53. The van der Waals surface area contributed by atoms with Crippen molar-refractivity contribution in [1.29, 1.82) is 0 Å². The van der Waals surface area contributed by atoms with Gasteiger partial charge in [0.2, 0.25) is 0 Å². The molecule has 1 rings (SSSR count). The van der Waals surface area contributed by atoms with Gasteiger partial charge in [0.25, 0.3) is 0 Å². The van der Waals surface area contributed by atoms with Crippen LogP contribution in [0.25, 0.3) is 0 Å². The van der Waals surface area contributed by atoms with Gasteiger partial charge < -0.3 is 5.32 Å². The zero-order chi connectivity index (χ0) is 13.7. The smallest absolute Gasteiger partial charge is 0.0849 e. The molecule has 0 aliphatic heterocycles. The molecule has 0 aromatic carbocycles. The van der Waals surface area contributed by atoms with Gasteiger partial charge in [0.15, 0.2) is 0 Å². The Balaban J connectivity index is 2.53. The summed E-state index contributed by atoms with van der Waals surface area (Å²) in [5, 5.41) is 8.80. The molecule has 0 spiro atoms. The van der Waals surface area contributed by atoms with E-state index in [0.29, 0.717) is 11.8 Å². The molecule has 0 bridgehead atoms. The summed E-state index contributed by atoms with van der Waals surface area (Å²) in [6, 6.07) is 0. The van der Waals surface area contributed by atoms with Gasteiger partial charge in [-0.05, 0) is 37.8 Å². The van der Waals surface area contributed by atoms with Gasteiger partial charge in [0, 0.05) is 7.05 Å². The van der Waals surface area contributed by atoms with Crippen LogP contribution in [0.15, 0.2) is 0 Å². The minimum Gasteiger partial charge on any atom is -0.316 e. The Hall–Kier alpha value is -0.540. The molecule has 0 aliphatic carbocycles. The number of aromatic nitrogens is 2. The van der Waals surface area contributed by atoms with E-state index in [9.17, 15) is 0 Å². The average molecular weight is 272 g/mol. The standard InChI is InChI=1S/C14H26ClN3/c1-6-12-14(15)13(18(5)17-12)7-11(4)9-16-8-10(2)3/h10-11,16H,6-9H2,1-5H3. The molecular weight excluding hydrogens is 246 g/mol. The van der Waals surface area contributed by atoms with Crippen molar-refractivity contribution >= 4 is 11.6 Å². The molecule has 1 unspecified atom stereocenters. The second kappa shape index (κ2) is 7.15. The van der Waals surface area contributed by atoms with Crippen molar-refractivity contribution in [3.63, 3.8) is 0 Å². The summed E-state index contributed by atoms with van der Waals surface area (Å²) in [6.07, 6.45) is 1.88. The van der Waals surface area contributed by atoms with E-state index in [0.717, 1.165) is 42.3 Å². The van der Waals surface area contributed by atoms with Crippen LogP contribution < -0.4 is 5.32 Å². The summed E-state index contributed by atoms with van der Waals surface area (Å²) in [5.74, 6) is 1.27. The second-order valence-electron chi connectivity index (χ2n) is 5.55. The van der Waals surface area contributed by atoms with E-state index >= 15 is 0 Å². The van der Waals surface area contributed by atoms with Crippen LogP contribution in [0.3, 0.4) is 0 Å². The van der Waals surface area contributed by atoms with E-state index in [2.05, 4.69) is 38.1 Å². The lowest BCUT2D eigenvalue weighted by atomic mass is 10.0. The van der Waals surface area contributed by atoms with E-state index in [1.165, 1.54) is 0 Å². The Morgan fingerprint density at radius 2 is 1.94 bits per heavy atom. The maximum Gasteiger partial charge on any atom is 0.0849 e. The van der Waals surface area contributed by atoms with E-state index < -0.39 is 0 Å². The predicted molar refractivity (Wildman–Crippen MR) is 78.2 cm³/mol. The normalized spacial score (nSPS) is 13.3. The monoisotopic (exact) mass is 271 g/mol. The van der Waals surface area contributed by atoms with Crippen LogP contribution in [0.5, 0.6) is 0 Å². The van der Waals surface area contributed by atoms with Gasteiger partial charge in [-0.2, -0.15) is 5.10 Å². The van der Waals surface area contributed by atoms with Crippen molar-refractivity contribution in [2.45, 2.75) is 40.5 Å². The van der Waals surface area contributed by atoms with Crippen molar-refractivity contribution in [1.82, 2.24) is 15.1 Å². The van der Waals surface area contributed by atoms with Crippen molar-refractivity contribution in [3.05, 3.63) is 16.4 Å². The maximum absolute atomic E-state index is 6.35. The predicted octanol–water partition coefficient (Wildman–Crippen LogP) is 3.06. The fraction of sp³-hybridized carbons (Fsp3) is 0.786. The highest BCUT2D eigenvalue weighted by Crippen LogP contribution is 2.23. The van der Waals surface area contributed by atoms with Gasteiger partial charge >= 0.3 is 0 Å². The molecule has 0 fully saturated rings. The van der Waals surface area contributed by atoms with Crippen molar-refractivity contribution in [2.75, 3.05) is 13.1 Å². The Morgan fingerprint density at radius 1 is 1.28 bits per heavy atom. The summed E-state index contributed by atoms with van der Waals surface area (Å²) in [4.78, 5) is 0. The van der Waals surface area contributed by atoms with Crippen LogP contribution in [0.1, 0.15) is 39.1 Å². The summed E-state index contributed by atoms with van der Waals surface area (Å²) in [5.41, 5.74) is 2.17. The lowest BCUT2D eigenvalue weighted by Crippen LogP contribution is -2.26. The number of nitrogens with one attached hydrogen (secondary N) is 1. The number of hydrogen-bond donors (Lipinski definition) is 1. The molecule has 3 nitrogen and oxygen atoms in total. The third-order valence-electron chi connectivity index (χ3n) is 3.09. The molecule has 18 heavy (non-hydrogen) atoms. The third kappa shape index (κ3) is 4.29. The summed E-state index contributed by atoms with van der Waals surface area (Å²) >= 11 is 6.35. The fourth-order valence-corrected chi connectivity index (χ4v) is 2.43. The minimum atomic E-state index is 0.571. The van der Waals surface area contributed by atoms with Gasteiger partial charge in [-0.1, -0.05) is 39.3 Å². The van der Waals surface area contributed by atoms with Crippen LogP contribution in [0.4, 0.5) is 0 Å². The highest BCUT2D eigenvalue weighted by atomic mass is 35.5. The zero-order valence-electron chi connectivity index (χ0n) is 12.3. The second-order valence-corrected chi connectivity index (χ2v) is 5.92. The van der Waals surface area contributed by atoms with E-state index in [4.69, 9.17) is 11.6 Å². The van der Waals surface area contributed by atoms with Crippen molar-refractivity contribution in [2.24, 2.45) is 18.9 Å². The fourth-order valence-electron chi connectivity index (χ4n) is 2.06. The first-order valence-electron chi connectivity index (χ1n) is 6.86. The highest BCUT2D eigenvalue weighted by molar-refractivity contribution is 6.31. The van der Waals surface area contributed by atoms with Crippen molar-refractivity contribution in [3.8, 4) is 0 Å².